The van der Waals surface area contributed by atoms with E-state index in [-0.39, 0.29) is 17.1 Å². The average molecular weight is 361 g/mol. The van der Waals surface area contributed by atoms with Gasteiger partial charge in [-0.25, -0.2) is 14.2 Å². The molecule has 0 amide bonds. The normalized spacial score (nSPS) is 10.9. The Hall–Kier alpha value is -3.80. The third kappa shape index (κ3) is 2.97. The standard InChI is InChI=1S/C21H12FNO4/c22-16-6-4-12(5-7-16)19-18(11-24)17-9-15(10-23-20(17)27-19)13-2-1-3-14(8-13)21(25)26/h1-11H,(H,25,26). The highest BCUT2D eigenvalue weighted by Gasteiger charge is 2.17. The number of furan rings is 1. The molecule has 2 aromatic carbocycles. The van der Waals surface area contributed by atoms with Gasteiger partial charge < -0.3 is 9.52 Å². The molecule has 0 radical (unpaired) electrons. The van der Waals surface area contributed by atoms with Crippen LogP contribution in [-0.2, 0) is 0 Å². The van der Waals surface area contributed by atoms with Gasteiger partial charge in [0.2, 0.25) is 5.71 Å². The number of carboxylic acid groups (broad SMARTS) is 1. The van der Waals surface area contributed by atoms with E-state index in [1.807, 2.05) is 0 Å². The zero-order chi connectivity index (χ0) is 19.0. The number of aromatic nitrogens is 1. The van der Waals surface area contributed by atoms with Crippen molar-refractivity contribution in [1.29, 1.82) is 0 Å². The van der Waals surface area contributed by atoms with Crippen molar-refractivity contribution >= 4 is 23.4 Å². The molecule has 0 atom stereocenters. The number of fused-ring (bicyclic) bond motifs is 1. The maximum absolute atomic E-state index is 13.2. The molecular formula is C21H12FNO4. The fourth-order valence-electron chi connectivity index (χ4n) is 2.92. The molecule has 132 valence electrons. The van der Waals surface area contributed by atoms with Crippen LogP contribution in [0, 0.1) is 5.82 Å². The van der Waals surface area contributed by atoms with Gasteiger partial charge in [0.25, 0.3) is 0 Å². The Bertz CT molecular complexity index is 1180. The number of benzene rings is 2. The van der Waals surface area contributed by atoms with Crippen LogP contribution in [0.25, 0.3) is 33.6 Å². The SMILES string of the molecule is O=Cc1c(-c2ccc(F)cc2)oc2ncc(-c3cccc(C(=O)O)c3)cc12. The third-order valence-electron chi connectivity index (χ3n) is 4.25. The Kier molecular flexibility index (Phi) is 4.01. The third-order valence-corrected chi connectivity index (χ3v) is 4.25. The molecule has 6 heteroatoms. The summed E-state index contributed by atoms with van der Waals surface area (Å²) in [7, 11) is 0. The Balaban J connectivity index is 1.87. The Morgan fingerprint density at radius 3 is 2.52 bits per heavy atom. The zero-order valence-corrected chi connectivity index (χ0v) is 13.8. The van der Waals surface area contributed by atoms with Gasteiger partial charge >= 0.3 is 5.97 Å². The lowest BCUT2D eigenvalue weighted by atomic mass is 10.0. The predicted molar refractivity (Wildman–Crippen MR) is 97.2 cm³/mol. The number of pyridine rings is 1. The molecule has 0 fully saturated rings. The van der Waals surface area contributed by atoms with Gasteiger partial charge in [-0.1, -0.05) is 12.1 Å². The maximum Gasteiger partial charge on any atom is 0.335 e. The van der Waals surface area contributed by atoms with Crippen LogP contribution < -0.4 is 0 Å². The zero-order valence-electron chi connectivity index (χ0n) is 13.8. The largest absolute Gasteiger partial charge is 0.478 e. The lowest BCUT2D eigenvalue weighted by molar-refractivity contribution is 0.0696. The van der Waals surface area contributed by atoms with E-state index in [1.165, 1.54) is 36.4 Å². The van der Waals surface area contributed by atoms with Crippen molar-refractivity contribution in [2.24, 2.45) is 0 Å². The number of carbonyl (C=O) groups is 2. The van der Waals surface area contributed by atoms with E-state index in [0.29, 0.717) is 39.7 Å². The fourth-order valence-corrected chi connectivity index (χ4v) is 2.92. The van der Waals surface area contributed by atoms with Crippen LogP contribution in [0.3, 0.4) is 0 Å². The Labute approximate surface area is 152 Å². The summed E-state index contributed by atoms with van der Waals surface area (Å²) >= 11 is 0. The minimum Gasteiger partial charge on any atom is -0.478 e. The number of halogens is 1. The van der Waals surface area contributed by atoms with Crippen LogP contribution in [0.15, 0.2) is 65.2 Å². The first kappa shape index (κ1) is 16.7. The van der Waals surface area contributed by atoms with Crippen LogP contribution in [0.2, 0.25) is 0 Å². The number of aromatic carboxylic acids is 1. The van der Waals surface area contributed by atoms with Crippen molar-refractivity contribution < 1.29 is 23.5 Å². The van der Waals surface area contributed by atoms with Crippen molar-refractivity contribution in [2.75, 3.05) is 0 Å². The second-order valence-corrected chi connectivity index (χ2v) is 5.93. The summed E-state index contributed by atoms with van der Waals surface area (Å²) in [5.41, 5.74) is 2.61. The highest BCUT2D eigenvalue weighted by atomic mass is 19.1. The van der Waals surface area contributed by atoms with Crippen molar-refractivity contribution in [3.63, 3.8) is 0 Å². The van der Waals surface area contributed by atoms with Gasteiger partial charge in [0, 0.05) is 17.3 Å². The first-order valence-electron chi connectivity index (χ1n) is 8.04. The number of hydrogen-bond donors (Lipinski definition) is 1. The molecule has 0 aliphatic heterocycles. The molecule has 0 saturated carbocycles. The molecule has 0 spiro atoms. The molecule has 0 bridgehead atoms. The highest BCUT2D eigenvalue weighted by Crippen LogP contribution is 2.34. The lowest BCUT2D eigenvalue weighted by Crippen LogP contribution is -1.95. The number of hydrogen-bond acceptors (Lipinski definition) is 4. The quantitative estimate of drug-likeness (QED) is 0.528. The number of carboxylic acids is 1. The van der Waals surface area contributed by atoms with Crippen molar-refractivity contribution in [3.8, 4) is 22.5 Å². The maximum atomic E-state index is 13.2. The molecule has 2 aromatic heterocycles. The number of carbonyl (C=O) groups excluding carboxylic acids is 1. The van der Waals surface area contributed by atoms with E-state index in [0.717, 1.165) is 0 Å². The van der Waals surface area contributed by atoms with Gasteiger partial charge in [-0.3, -0.25) is 4.79 Å². The van der Waals surface area contributed by atoms with Gasteiger partial charge in [-0.05, 0) is 48.0 Å². The molecule has 0 saturated heterocycles. The summed E-state index contributed by atoms with van der Waals surface area (Å²) in [5, 5.41) is 9.66. The summed E-state index contributed by atoms with van der Waals surface area (Å²) in [4.78, 5) is 27.1. The van der Waals surface area contributed by atoms with E-state index in [2.05, 4.69) is 4.98 Å². The van der Waals surface area contributed by atoms with E-state index < -0.39 is 5.97 Å². The number of aldehydes is 1. The van der Waals surface area contributed by atoms with Gasteiger partial charge in [0.05, 0.1) is 16.5 Å². The molecule has 2 heterocycles. The van der Waals surface area contributed by atoms with Crippen molar-refractivity contribution in [1.82, 2.24) is 4.98 Å². The minimum absolute atomic E-state index is 0.155. The summed E-state index contributed by atoms with van der Waals surface area (Å²) in [6.45, 7) is 0. The molecular weight excluding hydrogens is 349 g/mol. The molecule has 0 unspecified atom stereocenters. The van der Waals surface area contributed by atoms with Crippen LogP contribution in [0.5, 0.6) is 0 Å². The van der Waals surface area contributed by atoms with E-state index >= 15 is 0 Å². The summed E-state index contributed by atoms with van der Waals surface area (Å²) in [5.74, 6) is -1.11. The topological polar surface area (TPSA) is 80.4 Å². The predicted octanol–water partition coefficient (Wildman–Crippen LogP) is 4.81. The molecule has 1 N–H and O–H groups in total. The molecule has 0 aliphatic rings. The average Bonchev–Trinajstić information content (AvgIpc) is 3.06. The van der Waals surface area contributed by atoms with Gasteiger partial charge in [0.1, 0.15) is 11.6 Å². The van der Waals surface area contributed by atoms with Crippen molar-refractivity contribution in [2.45, 2.75) is 0 Å². The van der Waals surface area contributed by atoms with Gasteiger partial charge in [-0.2, -0.15) is 0 Å². The second-order valence-electron chi connectivity index (χ2n) is 5.93. The first-order chi connectivity index (χ1) is 13.1. The smallest absolute Gasteiger partial charge is 0.335 e. The first-order valence-corrected chi connectivity index (χ1v) is 8.04. The van der Waals surface area contributed by atoms with Crippen LogP contribution in [0.1, 0.15) is 20.7 Å². The summed E-state index contributed by atoms with van der Waals surface area (Å²) in [6.07, 6.45) is 2.22. The van der Waals surface area contributed by atoms with Gasteiger partial charge in [-0.15, -0.1) is 0 Å². The van der Waals surface area contributed by atoms with E-state index in [4.69, 9.17) is 9.52 Å². The Morgan fingerprint density at radius 1 is 1.04 bits per heavy atom. The minimum atomic E-state index is -1.03. The summed E-state index contributed by atoms with van der Waals surface area (Å²) < 4.78 is 18.9. The molecule has 5 nitrogen and oxygen atoms in total. The summed E-state index contributed by atoms with van der Waals surface area (Å²) in [6, 6.07) is 13.8. The second kappa shape index (κ2) is 6.49. The molecule has 4 aromatic rings. The van der Waals surface area contributed by atoms with Crippen LogP contribution in [0.4, 0.5) is 4.39 Å². The molecule has 0 aliphatic carbocycles. The fraction of sp³-hybridized carbons (Fsp3) is 0. The van der Waals surface area contributed by atoms with E-state index in [9.17, 15) is 14.0 Å². The van der Waals surface area contributed by atoms with Crippen LogP contribution >= 0.6 is 0 Å². The van der Waals surface area contributed by atoms with Gasteiger partial charge in [0.15, 0.2) is 6.29 Å². The van der Waals surface area contributed by atoms with Crippen LogP contribution in [-0.4, -0.2) is 22.3 Å². The lowest BCUT2D eigenvalue weighted by Gasteiger charge is -2.03. The number of rotatable bonds is 4. The van der Waals surface area contributed by atoms with Crippen molar-refractivity contribution in [3.05, 3.63) is 77.7 Å². The van der Waals surface area contributed by atoms with E-state index in [1.54, 1.807) is 24.4 Å². The monoisotopic (exact) mass is 361 g/mol. The highest BCUT2D eigenvalue weighted by molar-refractivity contribution is 6.02. The molecule has 27 heavy (non-hydrogen) atoms. The molecule has 4 rings (SSSR count). The number of nitrogens with zero attached hydrogens (tertiary/aromatic N) is 1. The Morgan fingerprint density at radius 2 is 1.81 bits per heavy atom.